The second kappa shape index (κ2) is 6.11. The van der Waals surface area contributed by atoms with Crippen LogP contribution >= 0.6 is 0 Å². The SMILES string of the molecule is [C-]#[N+]C([N+]#[C-])=C1OC(C)(C)C(/C=C/C2=NCc3ccccc32)=C1C#N. The molecule has 1 aromatic rings. The number of ether oxygens (including phenoxy) is 1. The molecule has 0 saturated heterocycles. The quantitative estimate of drug-likeness (QED) is 0.766. The number of benzene rings is 1. The summed E-state index contributed by atoms with van der Waals surface area (Å²) in [4.78, 5) is 10.9. The molecule has 1 aromatic carbocycles. The van der Waals surface area contributed by atoms with Crippen molar-refractivity contribution in [3.05, 3.63) is 93.1 Å². The number of nitriles is 1. The fraction of sp³-hybridized carbons (Fsp3) is 0.200. The van der Waals surface area contributed by atoms with E-state index in [-0.39, 0.29) is 17.2 Å². The highest BCUT2D eigenvalue weighted by Gasteiger charge is 2.41. The van der Waals surface area contributed by atoms with E-state index >= 15 is 0 Å². The summed E-state index contributed by atoms with van der Waals surface area (Å²) < 4.78 is 5.76. The van der Waals surface area contributed by atoms with Crippen LogP contribution in [0.25, 0.3) is 9.69 Å². The number of hydrogen-bond acceptors (Lipinski definition) is 3. The van der Waals surface area contributed by atoms with E-state index in [1.165, 1.54) is 5.56 Å². The van der Waals surface area contributed by atoms with Crippen LogP contribution in [0.3, 0.4) is 0 Å². The van der Waals surface area contributed by atoms with Crippen molar-refractivity contribution >= 4 is 5.71 Å². The van der Waals surface area contributed by atoms with Gasteiger partial charge in [0.25, 0.3) is 0 Å². The van der Waals surface area contributed by atoms with E-state index < -0.39 is 5.60 Å². The van der Waals surface area contributed by atoms with Gasteiger partial charge >= 0.3 is 5.82 Å². The molecule has 0 aliphatic carbocycles. The Morgan fingerprint density at radius 2 is 2.00 bits per heavy atom. The third kappa shape index (κ3) is 2.71. The van der Waals surface area contributed by atoms with Crippen molar-refractivity contribution in [2.24, 2.45) is 4.99 Å². The summed E-state index contributed by atoms with van der Waals surface area (Å²) in [5.41, 5.74) is 3.17. The standard InChI is InChI=1S/C20H14N4O/c1-20(2)16(15(11-21)18(25-20)19(22-3)23-4)9-10-17-14-8-6-5-7-13(14)12-24-17/h5-10H,12H2,1-2H3/b10-9+. The lowest BCUT2D eigenvalue weighted by atomic mass is 9.94. The lowest BCUT2D eigenvalue weighted by Crippen LogP contribution is -2.20. The van der Waals surface area contributed by atoms with Gasteiger partial charge in [-0.05, 0) is 25.5 Å². The first-order valence-corrected chi connectivity index (χ1v) is 7.66. The first-order valence-electron chi connectivity index (χ1n) is 7.66. The molecule has 0 atom stereocenters. The lowest BCUT2D eigenvalue weighted by molar-refractivity contribution is 0.0951. The number of aliphatic imine (C=N–C) groups is 1. The van der Waals surface area contributed by atoms with Crippen molar-refractivity contribution in [2.75, 3.05) is 0 Å². The lowest BCUT2D eigenvalue weighted by Gasteiger charge is -2.20. The molecule has 2 aliphatic rings. The summed E-state index contributed by atoms with van der Waals surface area (Å²) in [6.07, 6.45) is 3.67. The van der Waals surface area contributed by atoms with Gasteiger partial charge < -0.3 is 4.74 Å². The fourth-order valence-electron chi connectivity index (χ4n) is 2.93. The molecule has 0 saturated carbocycles. The maximum absolute atomic E-state index is 9.54. The van der Waals surface area contributed by atoms with Crippen LogP contribution in [0.2, 0.25) is 0 Å². The molecule has 5 heteroatoms. The average Bonchev–Trinajstić information content (AvgIpc) is 3.12. The monoisotopic (exact) mass is 326 g/mol. The Hall–Kier alpha value is -3.62. The minimum atomic E-state index is -0.795. The Morgan fingerprint density at radius 1 is 1.28 bits per heavy atom. The predicted molar refractivity (Wildman–Crippen MR) is 93.9 cm³/mol. The zero-order valence-electron chi connectivity index (χ0n) is 13.9. The second-order valence-corrected chi connectivity index (χ2v) is 6.08. The van der Waals surface area contributed by atoms with Gasteiger partial charge in [-0.25, -0.2) is 0 Å². The van der Waals surface area contributed by atoms with Crippen LogP contribution < -0.4 is 0 Å². The summed E-state index contributed by atoms with van der Waals surface area (Å²) in [6, 6.07) is 10.1. The van der Waals surface area contributed by atoms with E-state index in [1.807, 2.05) is 44.2 Å². The van der Waals surface area contributed by atoms with Crippen LogP contribution in [0, 0.1) is 24.5 Å². The third-order valence-corrected chi connectivity index (χ3v) is 4.15. The Balaban J connectivity index is 2.06. The molecule has 25 heavy (non-hydrogen) atoms. The Morgan fingerprint density at radius 3 is 2.68 bits per heavy atom. The summed E-state index contributed by atoms with van der Waals surface area (Å²) in [6.45, 7) is 18.5. The molecule has 0 N–H and O–H groups in total. The fourth-order valence-corrected chi connectivity index (χ4v) is 2.93. The summed E-state index contributed by atoms with van der Waals surface area (Å²) >= 11 is 0. The van der Waals surface area contributed by atoms with E-state index in [9.17, 15) is 5.26 Å². The van der Waals surface area contributed by atoms with Crippen LogP contribution in [0.15, 0.2) is 64.1 Å². The molecule has 5 nitrogen and oxygen atoms in total. The minimum absolute atomic E-state index is 0.0610. The van der Waals surface area contributed by atoms with E-state index in [0.29, 0.717) is 12.1 Å². The first kappa shape index (κ1) is 16.2. The molecule has 120 valence electrons. The topological polar surface area (TPSA) is 54.1 Å². The number of hydrogen-bond donors (Lipinski definition) is 0. The molecule has 0 bridgehead atoms. The van der Waals surface area contributed by atoms with Gasteiger partial charge in [0.05, 0.1) is 17.8 Å². The Bertz CT molecular complexity index is 985. The minimum Gasteiger partial charge on any atom is -0.485 e. The van der Waals surface area contributed by atoms with Gasteiger partial charge in [0, 0.05) is 11.1 Å². The van der Waals surface area contributed by atoms with Crippen LogP contribution in [0.5, 0.6) is 0 Å². The van der Waals surface area contributed by atoms with E-state index in [4.69, 9.17) is 17.9 Å². The third-order valence-electron chi connectivity index (χ3n) is 4.15. The molecule has 3 rings (SSSR count). The van der Waals surface area contributed by atoms with Crippen molar-refractivity contribution in [1.82, 2.24) is 0 Å². The smallest absolute Gasteiger partial charge is 0.485 e. The number of rotatable bonds is 2. The summed E-state index contributed by atoms with van der Waals surface area (Å²) in [5, 5.41) is 9.54. The highest BCUT2D eigenvalue weighted by molar-refractivity contribution is 6.11. The number of fused-ring (bicyclic) bond motifs is 1. The summed E-state index contributed by atoms with van der Waals surface area (Å²) in [7, 11) is 0. The van der Waals surface area contributed by atoms with E-state index in [1.54, 1.807) is 6.08 Å². The molecule has 0 radical (unpaired) electrons. The van der Waals surface area contributed by atoms with Crippen molar-refractivity contribution < 1.29 is 4.74 Å². The molecule has 2 aliphatic heterocycles. The van der Waals surface area contributed by atoms with Crippen molar-refractivity contribution in [1.29, 1.82) is 5.26 Å². The van der Waals surface area contributed by atoms with E-state index in [2.05, 4.69) is 20.8 Å². The maximum Gasteiger partial charge on any atom is 0.563 e. The zero-order valence-corrected chi connectivity index (χ0v) is 13.9. The van der Waals surface area contributed by atoms with Crippen LogP contribution in [-0.2, 0) is 11.3 Å². The Kier molecular flexibility index (Phi) is 3.97. The zero-order chi connectivity index (χ0) is 18.0. The van der Waals surface area contributed by atoms with Gasteiger partial charge in [-0.15, -0.1) is 0 Å². The highest BCUT2D eigenvalue weighted by atomic mass is 16.5. The largest absolute Gasteiger partial charge is 0.563 e. The normalized spacial score (nSPS) is 17.4. The molecule has 0 fully saturated rings. The average molecular weight is 326 g/mol. The second-order valence-electron chi connectivity index (χ2n) is 6.08. The van der Waals surface area contributed by atoms with E-state index in [0.717, 1.165) is 11.3 Å². The number of nitrogens with zero attached hydrogens (tertiary/aromatic N) is 4. The van der Waals surface area contributed by atoms with Crippen LogP contribution in [0.1, 0.15) is 25.0 Å². The van der Waals surface area contributed by atoms with Crippen molar-refractivity contribution in [3.63, 3.8) is 0 Å². The van der Waals surface area contributed by atoms with Gasteiger partial charge in [-0.2, -0.15) is 15.0 Å². The molecular formula is C20H14N4O. The maximum atomic E-state index is 9.54. The predicted octanol–water partition coefficient (Wildman–Crippen LogP) is 4.18. The molecule has 0 amide bonds. The van der Waals surface area contributed by atoms with Gasteiger partial charge in [-0.1, -0.05) is 30.3 Å². The highest BCUT2D eigenvalue weighted by Crippen LogP contribution is 2.40. The van der Waals surface area contributed by atoms with Gasteiger partial charge in [0.2, 0.25) is 5.76 Å². The molecule has 0 unspecified atom stereocenters. The number of allylic oxidation sites excluding steroid dienone is 2. The molecule has 0 spiro atoms. The van der Waals surface area contributed by atoms with Crippen molar-refractivity contribution in [2.45, 2.75) is 26.0 Å². The first-order chi connectivity index (χ1) is 12.0. The van der Waals surface area contributed by atoms with Gasteiger partial charge in [-0.3, -0.25) is 4.99 Å². The summed E-state index contributed by atoms with van der Waals surface area (Å²) in [5.74, 6) is -0.164. The van der Waals surface area contributed by atoms with Crippen molar-refractivity contribution in [3.8, 4) is 6.07 Å². The van der Waals surface area contributed by atoms with Gasteiger partial charge in [0.15, 0.2) is 0 Å². The molecular weight excluding hydrogens is 312 g/mol. The van der Waals surface area contributed by atoms with Gasteiger partial charge in [0.1, 0.15) is 24.8 Å². The Labute approximate surface area is 146 Å². The van der Waals surface area contributed by atoms with Crippen LogP contribution in [-0.4, -0.2) is 11.3 Å². The van der Waals surface area contributed by atoms with Crippen LogP contribution in [0.4, 0.5) is 0 Å². The molecule has 2 heterocycles. The molecule has 0 aromatic heterocycles.